The van der Waals surface area contributed by atoms with Crippen molar-refractivity contribution in [1.29, 1.82) is 0 Å². The molecule has 2 aromatic carbocycles. The molecule has 0 unspecified atom stereocenters. The van der Waals surface area contributed by atoms with Crippen molar-refractivity contribution in [3.05, 3.63) is 53.6 Å². The molecule has 0 aromatic heterocycles. The molecule has 1 saturated heterocycles. The first-order valence-corrected chi connectivity index (χ1v) is 11.2. The maximum Gasteiger partial charge on any atom is 0.251 e. The lowest BCUT2D eigenvalue weighted by atomic mass is 10.1. The van der Waals surface area contributed by atoms with Gasteiger partial charge in [-0.2, -0.15) is 4.31 Å². The molecule has 0 saturated carbocycles. The summed E-state index contributed by atoms with van der Waals surface area (Å²) in [6, 6.07) is 12.1. The Kier molecular flexibility index (Phi) is 5.47. The summed E-state index contributed by atoms with van der Waals surface area (Å²) in [6.45, 7) is 2.95. The van der Waals surface area contributed by atoms with Crippen LogP contribution in [0.3, 0.4) is 0 Å². The number of benzene rings is 2. The fraction of sp³-hybridized carbons (Fsp3) is 0.381. The predicted octanol–water partition coefficient (Wildman–Crippen LogP) is 2.56. The number of ether oxygens (including phenoxy) is 2. The van der Waals surface area contributed by atoms with E-state index in [1.807, 2.05) is 19.1 Å². The standard InChI is InChI=1S/C21H24N2O5S/c1-2-15-3-6-18(7-4-15)29(25,26)23-11-9-17(10-12-23)22-21(24)16-5-8-19-20(13-16)28-14-27-19/h3-8,13,17H,2,9-12,14H2,1H3,(H,22,24). The molecule has 0 radical (unpaired) electrons. The van der Waals surface area contributed by atoms with Crippen molar-refractivity contribution in [3.63, 3.8) is 0 Å². The average molecular weight is 416 g/mol. The monoisotopic (exact) mass is 416 g/mol. The van der Waals surface area contributed by atoms with E-state index in [1.165, 1.54) is 4.31 Å². The summed E-state index contributed by atoms with van der Waals surface area (Å²) < 4.78 is 37.8. The molecule has 2 aliphatic heterocycles. The van der Waals surface area contributed by atoms with E-state index in [-0.39, 0.29) is 18.7 Å². The van der Waals surface area contributed by atoms with Gasteiger partial charge in [0.15, 0.2) is 11.5 Å². The smallest absolute Gasteiger partial charge is 0.251 e. The average Bonchev–Trinajstić information content (AvgIpc) is 3.22. The highest BCUT2D eigenvalue weighted by atomic mass is 32.2. The van der Waals surface area contributed by atoms with Crippen molar-refractivity contribution >= 4 is 15.9 Å². The Bertz CT molecular complexity index is 996. The normalized spacial score (nSPS) is 17.3. The van der Waals surface area contributed by atoms with E-state index < -0.39 is 10.0 Å². The van der Waals surface area contributed by atoms with Crippen LogP contribution in [0.15, 0.2) is 47.4 Å². The largest absolute Gasteiger partial charge is 0.454 e. The Morgan fingerprint density at radius 1 is 1.07 bits per heavy atom. The van der Waals surface area contributed by atoms with Crippen LogP contribution in [0.1, 0.15) is 35.7 Å². The van der Waals surface area contributed by atoms with Gasteiger partial charge < -0.3 is 14.8 Å². The van der Waals surface area contributed by atoms with Gasteiger partial charge in [0.2, 0.25) is 16.8 Å². The lowest BCUT2D eigenvalue weighted by molar-refractivity contribution is 0.0923. The molecule has 2 aromatic rings. The maximum absolute atomic E-state index is 12.9. The number of carbonyl (C=O) groups excluding carboxylic acids is 1. The van der Waals surface area contributed by atoms with Crippen LogP contribution in [0.5, 0.6) is 11.5 Å². The zero-order valence-corrected chi connectivity index (χ0v) is 17.1. The van der Waals surface area contributed by atoms with Gasteiger partial charge >= 0.3 is 0 Å². The molecule has 2 heterocycles. The first-order valence-electron chi connectivity index (χ1n) is 9.77. The first-order chi connectivity index (χ1) is 14.0. The second-order valence-corrected chi connectivity index (χ2v) is 9.16. The number of amides is 1. The van der Waals surface area contributed by atoms with Crippen LogP contribution in [-0.2, 0) is 16.4 Å². The van der Waals surface area contributed by atoms with Gasteiger partial charge in [-0.15, -0.1) is 0 Å². The summed E-state index contributed by atoms with van der Waals surface area (Å²) >= 11 is 0. The van der Waals surface area contributed by atoms with Gasteiger partial charge in [0, 0.05) is 24.7 Å². The maximum atomic E-state index is 12.9. The Labute approximate surface area is 170 Å². The van der Waals surface area contributed by atoms with Gasteiger partial charge in [-0.1, -0.05) is 19.1 Å². The fourth-order valence-corrected chi connectivity index (χ4v) is 5.06. The third-order valence-electron chi connectivity index (χ3n) is 5.39. The van der Waals surface area contributed by atoms with Gasteiger partial charge in [-0.25, -0.2) is 8.42 Å². The van der Waals surface area contributed by atoms with Gasteiger partial charge in [-0.3, -0.25) is 4.79 Å². The van der Waals surface area contributed by atoms with Crippen LogP contribution >= 0.6 is 0 Å². The topological polar surface area (TPSA) is 84.9 Å². The first kappa shape index (κ1) is 19.7. The Balaban J connectivity index is 1.35. The van der Waals surface area contributed by atoms with E-state index in [0.717, 1.165) is 12.0 Å². The highest BCUT2D eigenvalue weighted by Crippen LogP contribution is 2.32. The number of piperidine rings is 1. The quantitative estimate of drug-likeness (QED) is 0.810. The van der Waals surface area contributed by atoms with Gasteiger partial charge in [0.05, 0.1) is 4.90 Å². The number of nitrogens with zero attached hydrogens (tertiary/aromatic N) is 1. The molecule has 0 spiro atoms. The second-order valence-electron chi connectivity index (χ2n) is 7.22. The Hall–Kier alpha value is -2.58. The number of rotatable bonds is 5. The van der Waals surface area contributed by atoms with E-state index in [2.05, 4.69) is 5.32 Å². The second kappa shape index (κ2) is 8.04. The molecule has 1 amide bonds. The van der Waals surface area contributed by atoms with Gasteiger partial charge in [0.25, 0.3) is 5.91 Å². The van der Waals surface area contributed by atoms with Crippen molar-refractivity contribution in [2.75, 3.05) is 19.9 Å². The molecule has 0 aliphatic carbocycles. The molecule has 7 nitrogen and oxygen atoms in total. The van der Waals surface area contributed by atoms with Gasteiger partial charge in [-0.05, 0) is 55.2 Å². The van der Waals surface area contributed by atoms with Crippen molar-refractivity contribution in [2.45, 2.75) is 37.1 Å². The lowest BCUT2D eigenvalue weighted by Gasteiger charge is -2.31. The van der Waals surface area contributed by atoms with E-state index in [4.69, 9.17) is 9.47 Å². The van der Waals surface area contributed by atoms with E-state index in [1.54, 1.807) is 30.3 Å². The Morgan fingerprint density at radius 2 is 1.76 bits per heavy atom. The van der Waals surface area contributed by atoms with Crippen molar-refractivity contribution < 1.29 is 22.7 Å². The molecule has 1 fully saturated rings. The molecule has 0 atom stereocenters. The molecular formula is C21H24N2O5S. The minimum atomic E-state index is -3.51. The fourth-order valence-electron chi connectivity index (χ4n) is 3.59. The van der Waals surface area contributed by atoms with Crippen molar-refractivity contribution in [3.8, 4) is 11.5 Å². The number of nitrogens with one attached hydrogen (secondary N) is 1. The van der Waals surface area contributed by atoms with Crippen molar-refractivity contribution in [1.82, 2.24) is 9.62 Å². The molecule has 1 N–H and O–H groups in total. The van der Waals surface area contributed by atoms with E-state index in [0.29, 0.717) is 47.9 Å². The Morgan fingerprint density at radius 3 is 2.45 bits per heavy atom. The van der Waals surface area contributed by atoms with Crippen LogP contribution in [0.2, 0.25) is 0 Å². The van der Waals surface area contributed by atoms with E-state index >= 15 is 0 Å². The number of sulfonamides is 1. The summed E-state index contributed by atoms with van der Waals surface area (Å²) in [5.74, 6) is 0.999. The summed E-state index contributed by atoms with van der Waals surface area (Å²) in [4.78, 5) is 12.9. The summed E-state index contributed by atoms with van der Waals surface area (Å²) in [5.41, 5.74) is 1.61. The third-order valence-corrected chi connectivity index (χ3v) is 7.31. The number of aryl methyl sites for hydroxylation is 1. The van der Waals surface area contributed by atoms with E-state index in [9.17, 15) is 13.2 Å². The van der Waals surface area contributed by atoms with Crippen molar-refractivity contribution in [2.24, 2.45) is 0 Å². The molecular weight excluding hydrogens is 392 g/mol. The molecule has 4 rings (SSSR count). The summed E-state index contributed by atoms with van der Waals surface area (Å²) in [6.07, 6.45) is 2.01. The lowest BCUT2D eigenvalue weighted by Crippen LogP contribution is -2.46. The molecule has 2 aliphatic rings. The van der Waals surface area contributed by atoms with Crippen LogP contribution in [-0.4, -0.2) is 44.6 Å². The third kappa shape index (κ3) is 4.09. The predicted molar refractivity (Wildman–Crippen MR) is 108 cm³/mol. The minimum absolute atomic E-state index is 0.0677. The molecule has 29 heavy (non-hydrogen) atoms. The molecule has 0 bridgehead atoms. The zero-order valence-electron chi connectivity index (χ0n) is 16.3. The van der Waals surface area contributed by atoms with Crippen LogP contribution in [0, 0.1) is 0 Å². The van der Waals surface area contributed by atoms with Gasteiger partial charge in [0.1, 0.15) is 0 Å². The minimum Gasteiger partial charge on any atom is -0.454 e. The summed E-state index contributed by atoms with van der Waals surface area (Å²) in [5, 5.41) is 3.00. The highest BCUT2D eigenvalue weighted by molar-refractivity contribution is 7.89. The zero-order chi connectivity index (χ0) is 20.4. The van der Waals surface area contributed by atoms with Crippen LogP contribution < -0.4 is 14.8 Å². The SMILES string of the molecule is CCc1ccc(S(=O)(=O)N2CCC(NC(=O)c3ccc4c(c3)OCO4)CC2)cc1. The summed E-state index contributed by atoms with van der Waals surface area (Å²) in [7, 11) is -3.51. The molecule has 154 valence electrons. The highest BCUT2D eigenvalue weighted by Gasteiger charge is 2.30. The number of hydrogen-bond acceptors (Lipinski definition) is 5. The number of carbonyl (C=O) groups is 1. The number of hydrogen-bond donors (Lipinski definition) is 1. The van der Waals surface area contributed by atoms with Crippen LogP contribution in [0.4, 0.5) is 0 Å². The molecule has 8 heteroatoms. The van der Waals surface area contributed by atoms with Crippen LogP contribution in [0.25, 0.3) is 0 Å². The number of fused-ring (bicyclic) bond motifs is 1.